The first-order valence-electron chi connectivity index (χ1n) is 5.53. The summed E-state index contributed by atoms with van der Waals surface area (Å²) in [6.45, 7) is 0. The zero-order valence-electron chi connectivity index (χ0n) is 11.0. The molecule has 1 heterocycles. The molecule has 106 valence electrons. The highest BCUT2D eigenvalue weighted by Gasteiger charge is 2.21. The van der Waals surface area contributed by atoms with Crippen molar-refractivity contribution in [3.63, 3.8) is 0 Å². The van der Waals surface area contributed by atoms with Crippen molar-refractivity contribution in [3.8, 4) is 11.8 Å². The smallest absolute Gasteiger partial charge is 0.278 e. The minimum absolute atomic E-state index is 0.111. The number of nitrogens with zero attached hydrogens (tertiary/aromatic N) is 2. The van der Waals surface area contributed by atoms with Crippen molar-refractivity contribution in [1.29, 1.82) is 0 Å². The number of hydrogen-bond acceptors (Lipinski definition) is 5. The molecule has 1 aromatic carbocycles. The van der Waals surface area contributed by atoms with E-state index in [0.29, 0.717) is 5.52 Å². The largest absolute Gasteiger partial charge is 0.477 e. The van der Waals surface area contributed by atoms with Crippen LogP contribution >= 0.6 is 23.2 Å². The average molecular weight is 316 g/mol. The number of methoxy groups -OCH3 is 2. The second-order valence-corrected chi connectivity index (χ2v) is 4.52. The Morgan fingerprint density at radius 2 is 1.80 bits per heavy atom. The number of halogens is 2. The molecule has 2 rings (SSSR count). The maximum Gasteiger partial charge on any atom is 0.278 e. The van der Waals surface area contributed by atoms with Gasteiger partial charge in [0.25, 0.3) is 17.7 Å². The van der Waals surface area contributed by atoms with Gasteiger partial charge in [-0.2, -0.15) is 0 Å². The second kappa shape index (κ2) is 5.68. The van der Waals surface area contributed by atoms with Crippen molar-refractivity contribution in [2.75, 3.05) is 21.3 Å². The van der Waals surface area contributed by atoms with E-state index >= 15 is 0 Å². The number of benzene rings is 1. The molecule has 8 heteroatoms. The van der Waals surface area contributed by atoms with Crippen LogP contribution in [0.2, 0.25) is 10.0 Å². The fraction of sp³-hybridized carbons (Fsp3) is 0.250. The molecule has 1 aromatic heterocycles. The second-order valence-electron chi connectivity index (χ2n) is 3.74. The monoisotopic (exact) mass is 315 g/mol. The first kappa shape index (κ1) is 14.6. The zero-order valence-corrected chi connectivity index (χ0v) is 12.5. The Hall–Kier alpha value is -1.79. The molecule has 0 saturated heterocycles. The number of carbonyl (C=O) groups excluding carboxylic acids is 1. The number of hydrogen-bond donors (Lipinski definition) is 1. The van der Waals surface area contributed by atoms with Gasteiger partial charge in [0.1, 0.15) is 5.52 Å². The van der Waals surface area contributed by atoms with E-state index in [4.69, 9.17) is 32.7 Å². The zero-order chi connectivity index (χ0) is 14.9. The molecule has 0 aliphatic carbocycles. The molecule has 0 aliphatic heterocycles. The molecular formula is C12H11Cl2N3O3. The van der Waals surface area contributed by atoms with Crippen LogP contribution in [0.1, 0.15) is 10.4 Å². The van der Waals surface area contributed by atoms with Crippen molar-refractivity contribution in [2.45, 2.75) is 0 Å². The Labute approximate surface area is 125 Å². The van der Waals surface area contributed by atoms with Gasteiger partial charge in [-0.05, 0) is 6.07 Å². The molecule has 0 fully saturated rings. The van der Waals surface area contributed by atoms with Crippen molar-refractivity contribution < 1.29 is 14.3 Å². The Morgan fingerprint density at radius 3 is 2.35 bits per heavy atom. The van der Waals surface area contributed by atoms with E-state index in [2.05, 4.69) is 15.3 Å². The van der Waals surface area contributed by atoms with E-state index in [1.807, 2.05) is 0 Å². The lowest BCUT2D eigenvalue weighted by Gasteiger charge is -2.11. The standard InChI is InChI=1S/C12H11Cl2N3O3/c1-15-10(18)7-8(14)5(13)4-6-9(7)17-12(20-3)11(16-6)19-2/h4H,1-3H3,(H,15,18). The van der Waals surface area contributed by atoms with Crippen molar-refractivity contribution >= 4 is 40.1 Å². The molecule has 0 aliphatic rings. The molecule has 1 amide bonds. The van der Waals surface area contributed by atoms with Gasteiger partial charge in [-0.25, -0.2) is 9.97 Å². The molecular weight excluding hydrogens is 305 g/mol. The summed E-state index contributed by atoms with van der Waals surface area (Å²) in [7, 11) is 4.35. The summed E-state index contributed by atoms with van der Waals surface area (Å²) >= 11 is 12.1. The van der Waals surface area contributed by atoms with Gasteiger partial charge in [-0.15, -0.1) is 0 Å². The van der Waals surface area contributed by atoms with Gasteiger partial charge in [0, 0.05) is 7.05 Å². The number of fused-ring (bicyclic) bond motifs is 1. The van der Waals surface area contributed by atoms with E-state index in [0.717, 1.165) is 0 Å². The summed E-state index contributed by atoms with van der Waals surface area (Å²) in [5.41, 5.74) is 0.817. The normalized spacial score (nSPS) is 10.4. The molecule has 1 N–H and O–H groups in total. The molecule has 0 bridgehead atoms. The van der Waals surface area contributed by atoms with E-state index in [1.54, 1.807) is 0 Å². The Balaban J connectivity index is 2.88. The third kappa shape index (κ3) is 2.32. The van der Waals surface area contributed by atoms with Crippen molar-refractivity contribution in [1.82, 2.24) is 15.3 Å². The Morgan fingerprint density at radius 1 is 1.20 bits per heavy atom. The summed E-state index contributed by atoms with van der Waals surface area (Å²) in [5.74, 6) is -0.0613. The predicted molar refractivity (Wildman–Crippen MR) is 76.1 cm³/mol. The van der Waals surface area contributed by atoms with Gasteiger partial charge in [-0.1, -0.05) is 23.2 Å². The summed E-state index contributed by atoms with van der Waals surface area (Å²) in [6, 6.07) is 1.51. The van der Waals surface area contributed by atoms with E-state index in [1.165, 1.54) is 27.3 Å². The molecule has 20 heavy (non-hydrogen) atoms. The lowest BCUT2D eigenvalue weighted by atomic mass is 10.1. The number of amides is 1. The maximum atomic E-state index is 12.0. The van der Waals surface area contributed by atoms with Crippen molar-refractivity contribution in [2.24, 2.45) is 0 Å². The first-order valence-corrected chi connectivity index (χ1v) is 6.28. The number of carbonyl (C=O) groups is 1. The van der Waals surface area contributed by atoms with Gasteiger partial charge in [0.05, 0.1) is 35.3 Å². The van der Waals surface area contributed by atoms with E-state index in [9.17, 15) is 4.79 Å². The summed E-state index contributed by atoms with van der Waals surface area (Å²) in [5, 5.41) is 2.80. The van der Waals surface area contributed by atoms with Gasteiger partial charge >= 0.3 is 0 Å². The highest BCUT2D eigenvalue weighted by atomic mass is 35.5. The third-order valence-electron chi connectivity index (χ3n) is 2.63. The molecule has 0 atom stereocenters. The lowest BCUT2D eigenvalue weighted by Crippen LogP contribution is -2.19. The fourth-order valence-corrected chi connectivity index (χ4v) is 2.13. The average Bonchev–Trinajstić information content (AvgIpc) is 2.46. The summed E-state index contributed by atoms with van der Waals surface area (Å²) in [4.78, 5) is 20.4. The minimum Gasteiger partial charge on any atom is -0.477 e. The minimum atomic E-state index is -0.413. The first-order chi connectivity index (χ1) is 9.53. The quantitative estimate of drug-likeness (QED) is 0.941. The number of aromatic nitrogens is 2. The number of nitrogens with one attached hydrogen (secondary N) is 1. The van der Waals surface area contributed by atoms with E-state index < -0.39 is 5.91 Å². The number of rotatable bonds is 3. The summed E-state index contributed by atoms with van der Waals surface area (Å²) in [6.07, 6.45) is 0. The van der Waals surface area contributed by atoms with Gasteiger partial charge in [0.15, 0.2) is 0 Å². The molecule has 0 radical (unpaired) electrons. The summed E-state index contributed by atoms with van der Waals surface area (Å²) < 4.78 is 10.1. The van der Waals surface area contributed by atoms with Crippen LogP contribution in [-0.2, 0) is 0 Å². The van der Waals surface area contributed by atoms with Crippen LogP contribution in [0.4, 0.5) is 0 Å². The lowest BCUT2D eigenvalue weighted by molar-refractivity contribution is 0.0964. The van der Waals surface area contributed by atoms with Crippen LogP contribution in [0.15, 0.2) is 6.07 Å². The Kier molecular flexibility index (Phi) is 4.15. The van der Waals surface area contributed by atoms with Crippen LogP contribution in [0.5, 0.6) is 11.8 Å². The Bertz CT molecular complexity index is 691. The highest BCUT2D eigenvalue weighted by molar-refractivity contribution is 6.45. The highest BCUT2D eigenvalue weighted by Crippen LogP contribution is 2.34. The van der Waals surface area contributed by atoms with Crippen LogP contribution in [0.3, 0.4) is 0 Å². The van der Waals surface area contributed by atoms with Crippen LogP contribution in [-0.4, -0.2) is 37.1 Å². The van der Waals surface area contributed by atoms with Gasteiger partial charge in [-0.3, -0.25) is 4.79 Å². The topological polar surface area (TPSA) is 73.3 Å². The van der Waals surface area contributed by atoms with Crippen LogP contribution < -0.4 is 14.8 Å². The van der Waals surface area contributed by atoms with Gasteiger partial charge < -0.3 is 14.8 Å². The van der Waals surface area contributed by atoms with E-state index in [-0.39, 0.29) is 32.9 Å². The fourth-order valence-electron chi connectivity index (χ4n) is 1.71. The molecule has 2 aromatic rings. The van der Waals surface area contributed by atoms with Crippen LogP contribution in [0, 0.1) is 0 Å². The third-order valence-corrected chi connectivity index (χ3v) is 3.42. The molecule has 0 spiro atoms. The predicted octanol–water partition coefficient (Wildman–Crippen LogP) is 2.31. The van der Waals surface area contributed by atoms with Gasteiger partial charge in [0.2, 0.25) is 0 Å². The SMILES string of the molecule is CNC(=O)c1c(Cl)c(Cl)cc2nc(OC)c(OC)nc12. The molecule has 0 unspecified atom stereocenters. The molecule has 6 nitrogen and oxygen atoms in total. The van der Waals surface area contributed by atoms with Crippen molar-refractivity contribution in [3.05, 3.63) is 21.7 Å². The number of ether oxygens (including phenoxy) is 2. The maximum absolute atomic E-state index is 12.0. The van der Waals surface area contributed by atoms with Crippen LogP contribution in [0.25, 0.3) is 11.0 Å². The molecule has 0 saturated carbocycles.